The standard InChI is InChI=1S/C28H38O2Si/c1-7-23(2)28(29)21-20-27(28,6)19-14-22-30-31(26(3,4)5,24-15-10-8-11-16-24)25-17-12-9-13-18-25/h8-13,15-18,29H,1,14,19-22H2,2-6H3/t27-,28+/m0/s1. The molecule has 2 nitrogen and oxygen atoms in total. The van der Waals surface area contributed by atoms with Gasteiger partial charge in [0.2, 0.25) is 0 Å². The fraction of sp³-hybridized carbons (Fsp3) is 0.464. The predicted octanol–water partition coefficient (Wildman–Crippen LogP) is 5.61. The Morgan fingerprint density at radius 3 is 1.94 bits per heavy atom. The van der Waals surface area contributed by atoms with Crippen LogP contribution in [0, 0.1) is 5.41 Å². The van der Waals surface area contributed by atoms with Gasteiger partial charge >= 0.3 is 0 Å². The molecule has 0 heterocycles. The quantitative estimate of drug-likeness (QED) is 0.333. The zero-order valence-electron chi connectivity index (χ0n) is 19.9. The van der Waals surface area contributed by atoms with Gasteiger partial charge in [-0.3, -0.25) is 0 Å². The topological polar surface area (TPSA) is 29.5 Å². The van der Waals surface area contributed by atoms with Crippen molar-refractivity contribution in [2.24, 2.45) is 5.41 Å². The molecule has 2 aromatic rings. The molecule has 0 bridgehead atoms. The van der Waals surface area contributed by atoms with Gasteiger partial charge in [-0.05, 0) is 53.6 Å². The summed E-state index contributed by atoms with van der Waals surface area (Å²) < 4.78 is 7.01. The highest BCUT2D eigenvalue weighted by Crippen LogP contribution is 2.56. The van der Waals surface area contributed by atoms with E-state index in [0.717, 1.165) is 31.3 Å². The van der Waals surface area contributed by atoms with Crippen molar-refractivity contribution in [2.75, 3.05) is 6.61 Å². The van der Waals surface area contributed by atoms with Crippen LogP contribution >= 0.6 is 0 Å². The fourth-order valence-corrected chi connectivity index (χ4v) is 9.96. The van der Waals surface area contributed by atoms with Crippen molar-refractivity contribution < 1.29 is 9.53 Å². The number of rotatable bonds is 8. The van der Waals surface area contributed by atoms with E-state index >= 15 is 0 Å². The summed E-state index contributed by atoms with van der Waals surface area (Å²) in [6.07, 6.45) is 3.68. The lowest BCUT2D eigenvalue weighted by molar-refractivity contribution is -0.134. The lowest BCUT2D eigenvalue weighted by Gasteiger charge is -2.55. The maximum absolute atomic E-state index is 11.2. The van der Waals surface area contributed by atoms with Gasteiger partial charge < -0.3 is 9.53 Å². The number of aliphatic hydroxyl groups is 1. The molecule has 0 saturated heterocycles. The van der Waals surface area contributed by atoms with Crippen LogP contribution in [0.15, 0.2) is 78.5 Å². The first kappa shape index (κ1) is 23.8. The average molecular weight is 435 g/mol. The van der Waals surface area contributed by atoms with Gasteiger partial charge in [-0.15, -0.1) is 5.73 Å². The van der Waals surface area contributed by atoms with Gasteiger partial charge in [0.05, 0.1) is 5.60 Å². The molecule has 31 heavy (non-hydrogen) atoms. The third kappa shape index (κ3) is 4.13. The molecule has 0 aliphatic heterocycles. The minimum atomic E-state index is -2.49. The Morgan fingerprint density at radius 2 is 1.55 bits per heavy atom. The molecular formula is C28H38O2Si. The van der Waals surface area contributed by atoms with E-state index in [1.54, 1.807) is 0 Å². The third-order valence-electron chi connectivity index (χ3n) is 7.53. The molecular weight excluding hydrogens is 396 g/mol. The first-order valence-corrected chi connectivity index (χ1v) is 13.4. The zero-order valence-corrected chi connectivity index (χ0v) is 20.9. The maximum Gasteiger partial charge on any atom is 0.261 e. The molecule has 0 aromatic heterocycles. The van der Waals surface area contributed by atoms with E-state index in [2.05, 4.69) is 101 Å². The molecule has 1 aliphatic carbocycles. The molecule has 1 saturated carbocycles. The molecule has 166 valence electrons. The minimum Gasteiger partial charge on any atom is -0.407 e. The van der Waals surface area contributed by atoms with Gasteiger partial charge in [0.1, 0.15) is 0 Å². The molecule has 0 amide bonds. The van der Waals surface area contributed by atoms with Crippen LogP contribution in [0.2, 0.25) is 5.04 Å². The second-order valence-electron chi connectivity index (χ2n) is 10.3. The Morgan fingerprint density at radius 1 is 1.03 bits per heavy atom. The molecule has 2 atom stereocenters. The number of hydrogen-bond donors (Lipinski definition) is 1. The van der Waals surface area contributed by atoms with Crippen molar-refractivity contribution in [3.8, 4) is 0 Å². The van der Waals surface area contributed by atoms with Crippen LogP contribution in [0.3, 0.4) is 0 Å². The Kier molecular flexibility index (Phi) is 6.83. The van der Waals surface area contributed by atoms with Crippen LogP contribution in [0.5, 0.6) is 0 Å². The largest absolute Gasteiger partial charge is 0.407 e. The normalized spacial score (nSPS) is 23.7. The summed E-state index contributed by atoms with van der Waals surface area (Å²) in [4.78, 5) is 0. The SMILES string of the molecule is C=C=C(C)[C@]1(O)CC[C@]1(C)CCCO[Si](c1ccccc1)(c1ccccc1)C(C)(C)C. The lowest BCUT2D eigenvalue weighted by Crippen LogP contribution is -2.66. The summed E-state index contributed by atoms with van der Waals surface area (Å²) in [5.74, 6) is 0. The molecule has 1 N–H and O–H groups in total. The molecule has 3 rings (SSSR count). The molecule has 2 aromatic carbocycles. The van der Waals surface area contributed by atoms with Crippen molar-refractivity contribution in [1.82, 2.24) is 0 Å². The van der Waals surface area contributed by atoms with Crippen molar-refractivity contribution in [3.05, 3.63) is 78.5 Å². The van der Waals surface area contributed by atoms with Crippen LogP contribution in [0.25, 0.3) is 0 Å². The van der Waals surface area contributed by atoms with Crippen LogP contribution in [-0.2, 0) is 4.43 Å². The highest BCUT2D eigenvalue weighted by atomic mass is 28.4. The van der Waals surface area contributed by atoms with Gasteiger partial charge in [-0.25, -0.2) is 0 Å². The van der Waals surface area contributed by atoms with Gasteiger partial charge in [0, 0.05) is 12.0 Å². The minimum absolute atomic E-state index is 0.0149. The summed E-state index contributed by atoms with van der Waals surface area (Å²) >= 11 is 0. The van der Waals surface area contributed by atoms with E-state index in [1.165, 1.54) is 10.4 Å². The Labute approximate surface area is 189 Å². The Balaban J connectivity index is 1.85. The van der Waals surface area contributed by atoms with E-state index in [-0.39, 0.29) is 10.5 Å². The van der Waals surface area contributed by atoms with Crippen molar-refractivity contribution in [1.29, 1.82) is 0 Å². The summed E-state index contributed by atoms with van der Waals surface area (Å²) in [5, 5.41) is 13.8. The van der Waals surface area contributed by atoms with Crippen molar-refractivity contribution >= 4 is 18.7 Å². The maximum atomic E-state index is 11.2. The van der Waals surface area contributed by atoms with Gasteiger partial charge in [0.25, 0.3) is 8.32 Å². The van der Waals surface area contributed by atoms with E-state index in [0.29, 0.717) is 6.61 Å². The smallest absolute Gasteiger partial charge is 0.261 e. The Hall–Kier alpha value is -1.90. The van der Waals surface area contributed by atoms with Crippen LogP contribution in [0.1, 0.15) is 60.3 Å². The molecule has 1 aliphatic rings. The summed E-state index contributed by atoms with van der Waals surface area (Å²) in [5.41, 5.74) is 2.90. The third-order valence-corrected chi connectivity index (χ3v) is 12.6. The van der Waals surface area contributed by atoms with E-state index in [4.69, 9.17) is 4.43 Å². The van der Waals surface area contributed by atoms with Gasteiger partial charge in [0.15, 0.2) is 0 Å². The summed E-state index contributed by atoms with van der Waals surface area (Å²) in [6.45, 7) is 15.5. The number of benzene rings is 2. The van der Waals surface area contributed by atoms with E-state index < -0.39 is 13.9 Å². The molecule has 1 fully saturated rings. The van der Waals surface area contributed by atoms with Gasteiger partial charge in [-0.2, -0.15) is 0 Å². The zero-order chi connectivity index (χ0) is 22.8. The van der Waals surface area contributed by atoms with Crippen LogP contribution in [0.4, 0.5) is 0 Å². The predicted molar refractivity (Wildman–Crippen MR) is 133 cm³/mol. The van der Waals surface area contributed by atoms with Crippen LogP contribution < -0.4 is 10.4 Å². The fourth-order valence-electron chi connectivity index (χ4n) is 5.36. The second-order valence-corrected chi connectivity index (χ2v) is 14.6. The summed E-state index contributed by atoms with van der Waals surface area (Å²) in [7, 11) is -2.49. The van der Waals surface area contributed by atoms with E-state index in [9.17, 15) is 5.11 Å². The highest BCUT2D eigenvalue weighted by Gasteiger charge is 2.55. The summed E-state index contributed by atoms with van der Waals surface area (Å²) in [6, 6.07) is 21.6. The first-order valence-electron chi connectivity index (χ1n) is 11.5. The number of hydrogen-bond acceptors (Lipinski definition) is 2. The van der Waals surface area contributed by atoms with E-state index in [1.807, 2.05) is 6.92 Å². The lowest BCUT2D eigenvalue weighted by atomic mass is 9.53. The van der Waals surface area contributed by atoms with Crippen LogP contribution in [-0.4, -0.2) is 25.6 Å². The molecule has 3 heteroatoms. The average Bonchev–Trinajstić information content (AvgIpc) is 2.77. The van der Waals surface area contributed by atoms with Crippen molar-refractivity contribution in [3.63, 3.8) is 0 Å². The highest BCUT2D eigenvalue weighted by molar-refractivity contribution is 6.99. The van der Waals surface area contributed by atoms with Crippen molar-refractivity contribution in [2.45, 2.75) is 70.9 Å². The monoisotopic (exact) mass is 434 g/mol. The second kappa shape index (κ2) is 8.92. The molecule has 0 radical (unpaired) electrons. The first-order chi connectivity index (χ1) is 14.6. The molecule has 0 spiro atoms. The Bertz CT molecular complexity index is 885. The van der Waals surface area contributed by atoms with Gasteiger partial charge in [-0.1, -0.05) is 94.9 Å². The molecule has 0 unspecified atom stereocenters.